The van der Waals surface area contributed by atoms with Crippen molar-refractivity contribution < 1.29 is 9.90 Å². The van der Waals surface area contributed by atoms with Crippen molar-refractivity contribution in [2.75, 3.05) is 6.61 Å². The lowest BCUT2D eigenvalue weighted by molar-refractivity contribution is -0.117. The van der Waals surface area contributed by atoms with E-state index in [1.165, 1.54) is 0 Å². The summed E-state index contributed by atoms with van der Waals surface area (Å²) in [6.07, 6.45) is 1.62. The van der Waals surface area contributed by atoms with Crippen LogP contribution in [0.4, 0.5) is 0 Å². The van der Waals surface area contributed by atoms with Gasteiger partial charge in [0.1, 0.15) is 5.78 Å². The van der Waals surface area contributed by atoms with Crippen LogP contribution in [0, 0.1) is 17.3 Å². The number of ketones is 1. The fourth-order valence-corrected chi connectivity index (χ4v) is 2.15. The molecule has 0 amide bonds. The van der Waals surface area contributed by atoms with Gasteiger partial charge >= 0.3 is 0 Å². The van der Waals surface area contributed by atoms with E-state index in [0.717, 1.165) is 6.42 Å². The zero-order valence-corrected chi connectivity index (χ0v) is 8.13. The van der Waals surface area contributed by atoms with Gasteiger partial charge in [0.15, 0.2) is 0 Å². The lowest BCUT2D eigenvalue weighted by Crippen LogP contribution is -1.94. The number of carbonyl (C=O) groups is 1. The molecular weight excluding hydrogens is 152 g/mol. The summed E-state index contributed by atoms with van der Waals surface area (Å²) in [6.45, 7) is 6.23. The molecule has 0 aromatic rings. The van der Waals surface area contributed by atoms with Crippen LogP contribution in [0.15, 0.2) is 0 Å². The largest absolute Gasteiger partial charge is 0.396 e. The first-order valence-electron chi connectivity index (χ1n) is 4.60. The molecule has 70 valence electrons. The average molecular weight is 170 g/mol. The molecule has 1 saturated carbocycles. The van der Waals surface area contributed by atoms with Gasteiger partial charge in [0.2, 0.25) is 0 Å². The summed E-state index contributed by atoms with van der Waals surface area (Å²) in [6, 6.07) is 0. The highest BCUT2D eigenvalue weighted by Crippen LogP contribution is 2.59. The second-order valence-electron chi connectivity index (χ2n) is 4.46. The molecule has 0 spiro atoms. The molecular formula is C10H18O2. The normalized spacial score (nSPS) is 31.7. The second-order valence-corrected chi connectivity index (χ2v) is 4.46. The van der Waals surface area contributed by atoms with E-state index in [2.05, 4.69) is 13.8 Å². The van der Waals surface area contributed by atoms with Crippen LogP contribution < -0.4 is 0 Å². The molecule has 1 aliphatic rings. The Bertz CT molecular complexity index is 184. The third-order valence-electron chi connectivity index (χ3n) is 3.29. The van der Waals surface area contributed by atoms with Crippen molar-refractivity contribution in [3.8, 4) is 0 Å². The van der Waals surface area contributed by atoms with E-state index in [1.807, 2.05) is 0 Å². The van der Waals surface area contributed by atoms with Crippen LogP contribution in [0.1, 0.15) is 33.6 Å². The number of carbonyl (C=O) groups excluding carboxylic acids is 1. The molecule has 2 heteroatoms. The Hall–Kier alpha value is -0.370. The quantitative estimate of drug-likeness (QED) is 0.696. The summed E-state index contributed by atoms with van der Waals surface area (Å²) in [5.74, 6) is 1.25. The Morgan fingerprint density at radius 3 is 2.33 bits per heavy atom. The lowest BCUT2D eigenvalue weighted by atomic mass is 10.1. The monoisotopic (exact) mass is 170 g/mol. The Morgan fingerprint density at radius 1 is 1.42 bits per heavy atom. The summed E-state index contributed by atoms with van der Waals surface area (Å²) in [4.78, 5) is 10.7. The zero-order valence-electron chi connectivity index (χ0n) is 8.13. The van der Waals surface area contributed by atoms with E-state index in [-0.39, 0.29) is 17.8 Å². The van der Waals surface area contributed by atoms with Crippen LogP contribution in [-0.2, 0) is 4.79 Å². The molecule has 2 nitrogen and oxygen atoms in total. The van der Waals surface area contributed by atoms with Gasteiger partial charge in [0.05, 0.1) is 0 Å². The topological polar surface area (TPSA) is 37.3 Å². The van der Waals surface area contributed by atoms with Crippen molar-refractivity contribution in [1.29, 1.82) is 0 Å². The molecule has 0 heterocycles. The molecule has 2 atom stereocenters. The SMILES string of the molecule is CC(=O)CCC1C(CO)C1(C)C. The van der Waals surface area contributed by atoms with Crippen LogP contribution in [0.25, 0.3) is 0 Å². The minimum absolute atomic E-state index is 0.259. The van der Waals surface area contributed by atoms with Crippen molar-refractivity contribution in [2.24, 2.45) is 17.3 Å². The first kappa shape index (κ1) is 9.72. The second kappa shape index (κ2) is 3.17. The molecule has 1 rings (SSSR count). The fourth-order valence-electron chi connectivity index (χ4n) is 2.15. The summed E-state index contributed by atoms with van der Waals surface area (Å²) in [5, 5.41) is 8.99. The van der Waals surface area contributed by atoms with Crippen LogP contribution in [0.2, 0.25) is 0 Å². The maximum absolute atomic E-state index is 10.7. The van der Waals surface area contributed by atoms with E-state index in [4.69, 9.17) is 5.11 Å². The molecule has 1 fully saturated rings. The Morgan fingerprint density at radius 2 is 2.00 bits per heavy atom. The molecule has 2 unspecified atom stereocenters. The predicted molar refractivity (Wildman–Crippen MR) is 47.8 cm³/mol. The summed E-state index contributed by atoms with van der Waals surface area (Å²) < 4.78 is 0. The van der Waals surface area contributed by atoms with Crippen LogP contribution in [0.5, 0.6) is 0 Å². The number of aliphatic hydroxyl groups excluding tert-OH is 1. The van der Waals surface area contributed by atoms with E-state index >= 15 is 0 Å². The zero-order chi connectivity index (χ0) is 9.35. The van der Waals surface area contributed by atoms with Crippen LogP contribution in [0.3, 0.4) is 0 Å². The van der Waals surface area contributed by atoms with E-state index in [0.29, 0.717) is 18.3 Å². The minimum atomic E-state index is 0.259. The van der Waals surface area contributed by atoms with Gasteiger partial charge < -0.3 is 9.90 Å². The molecule has 0 bridgehead atoms. The molecule has 0 aliphatic heterocycles. The maximum atomic E-state index is 10.7. The van der Waals surface area contributed by atoms with E-state index in [9.17, 15) is 4.79 Å². The first-order chi connectivity index (χ1) is 5.50. The Kier molecular flexibility index (Phi) is 2.57. The molecule has 0 radical (unpaired) electrons. The van der Waals surface area contributed by atoms with Crippen LogP contribution in [-0.4, -0.2) is 17.5 Å². The molecule has 12 heavy (non-hydrogen) atoms. The van der Waals surface area contributed by atoms with Gasteiger partial charge in [-0.05, 0) is 30.6 Å². The van der Waals surface area contributed by atoms with Gasteiger partial charge in [0.25, 0.3) is 0 Å². The van der Waals surface area contributed by atoms with Crippen molar-refractivity contribution >= 4 is 5.78 Å². The predicted octanol–water partition coefficient (Wildman–Crippen LogP) is 1.62. The highest BCUT2D eigenvalue weighted by molar-refractivity contribution is 5.75. The highest BCUT2D eigenvalue weighted by atomic mass is 16.3. The van der Waals surface area contributed by atoms with Gasteiger partial charge in [-0.25, -0.2) is 0 Å². The van der Waals surface area contributed by atoms with Crippen molar-refractivity contribution in [1.82, 2.24) is 0 Å². The molecule has 1 N–H and O–H groups in total. The lowest BCUT2D eigenvalue weighted by Gasteiger charge is -1.99. The Balaban J connectivity index is 2.32. The third-order valence-corrected chi connectivity index (χ3v) is 3.29. The van der Waals surface area contributed by atoms with E-state index < -0.39 is 0 Å². The fraction of sp³-hybridized carbons (Fsp3) is 0.900. The summed E-state index contributed by atoms with van der Waals surface area (Å²) in [7, 11) is 0. The third kappa shape index (κ3) is 1.69. The molecule has 1 aliphatic carbocycles. The molecule has 0 aromatic heterocycles. The number of hydrogen-bond acceptors (Lipinski definition) is 2. The highest BCUT2D eigenvalue weighted by Gasteiger charge is 2.56. The van der Waals surface area contributed by atoms with Gasteiger partial charge in [-0.2, -0.15) is 0 Å². The standard InChI is InChI=1S/C10H18O2/c1-7(12)4-5-8-9(6-11)10(8,2)3/h8-9,11H,4-6H2,1-3H3. The van der Waals surface area contributed by atoms with Gasteiger partial charge in [-0.15, -0.1) is 0 Å². The first-order valence-corrected chi connectivity index (χ1v) is 4.60. The van der Waals surface area contributed by atoms with Gasteiger partial charge in [-0.3, -0.25) is 0 Å². The Labute approximate surface area is 74.0 Å². The maximum Gasteiger partial charge on any atom is 0.129 e. The summed E-state index contributed by atoms with van der Waals surface area (Å²) >= 11 is 0. The molecule has 0 saturated heterocycles. The molecule has 0 aromatic carbocycles. The average Bonchev–Trinajstić information content (AvgIpc) is 2.48. The van der Waals surface area contributed by atoms with Gasteiger partial charge in [0, 0.05) is 13.0 Å². The van der Waals surface area contributed by atoms with Crippen molar-refractivity contribution in [3.05, 3.63) is 0 Å². The smallest absolute Gasteiger partial charge is 0.129 e. The minimum Gasteiger partial charge on any atom is -0.396 e. The number of hydrogen-bond donors (Lipinski definition) is 1. The summed E-state index contributed by atoms with van der Waals surface area (Å²) in [5.41, 5.74) is 0.268. The number of aliphatic hydroxyl groups is 1. The van der Waals surface area contributed by atoms with E-state index in [1.54, 1.807) is 6.92 Å². The van der Waals surface area contributed by atoms with Gasteiger partial charge in [-0.1, -0.05) is 13.8 Å². The number of rotatable bonds is 4. The van der Waals surface area contributed by atoms with Crippen molar-refractivity contribution in [3.63, 3.8) is 0 Å². The van der Waals surface area contributed by atoms with Crippen LogP contribution >= 0.6 is 0 Å². The van der Waals surface area contributed by atoms with Crippen molar-refractivity contribution in [2.45, 2.75) is 33.6 Å². The number of Topliss-reactive ketones (excluding diaryl/α,β-unsaturated/α-hetero) is 1.